The van der Waals surface area contributed by atoms with Crippen LogP contribution < -0.4 is 10.6 Å². The van der Waals surface area contributed by atoms with E-state index in [1.807, 2.05) is 24.3 Å². The number of tetrazole rings is 1. The average molecular weight is 374 g/mol. The van der Waals surface area contributed by atoms with Gasteiger partial charge in [-0.15, -0.1) is 5.10 Å². The van der Waals surface area contributed by atoms with Crippen molar-refractivity contribution >= 4 is 11.6 Å². The number of hydrogen-bond donors (Lipinski definition) is 2. The van der Waals surface area contributed by atoms with Crippen LogP contribution in [-0.4, -0.2) is 38.7 Å². The molecule has 0 unspecified atom stereocenters. The Morgan fingerprint density at radius 1 is 1.14 bits per heavy atom. The molecule has 1 heterocycles. The predicted octanol–water partition coefficient (Wildman–Crippen LogP) is 2.77. The lowest BCUT2D eigenvalue weighted by atomic mass is 10.1. The van der Waals surface area contributed by atoms with Crippen LogP contribution in [-0.2, 0) is 0 Å². The minimum absolute atomic E-state index is 0.155. The van der Waals surface area contributed by atoms with Crippen LogP contribution in [0.4, 0.5) is 5.69 Å². The maximum Gasteiger partial charge on any atom is 0.255 e. The summed E-state index contributed by atoms with van der Waals surface area (Å²) < 4.78 is 1.52. The molecule has 2 saturated carbocycles. The van der Waals surface area contributed by atoms with E-state index in [1.165, 1.54) is 42.4 Å². The highest BCUT2D eigenvalue weighted by atomic mass is 16.1. The van der Waals surface area contributed by atoms with Crippen molar-refractivity contribution in [3.05, 3.63) is 66.0 Å². The van der Waals surface area contributed by atoms with E-state index in [4.69, 9.17) is 0 Å². The molecule has 0 bridgehead atoms. The first-order valence-electron chi connectivity index (χ1n) is 9.74. The molecule has 2 fully saturated rings. The molecule has 2 aliphatic rings. The Morgan fingerprint density at radius 2 is 2.00 bits per heavy atom. The second-order valence-electron chi connectivity index (χ2n) is 7.68. The van der Waals surface area contributed by atoms with Crippen LogP contribution in [0.2, 0.25) is 0 Å². The molecule has 0 radical (unpaired) electrons. The number of hydrogen-bond acceptors (Lipinski definition) is 5. The molecule has 0 spiro atoms. The van der Waals surface area contributed by atoms with Crippen molar-refractivity contribution in [2.75, 3.05) is 11.9 Å². The smallest absolute Gasteiger partial charge is 0.255 e. The van der Waals surface area contributed by atoms with Crippen LogP contribution in [0, 0.1) is 5.92 Å². The fourth-order valence-electron chi connectivity index (χ4n) is 3.52. The van der Waals surface area contributed by atoms with Crippen LogP contribution in [0.15, 0.2) is 54.9 Å². The topological polar surface area (TPSA) is 84.7 Å². The summed E-state index contributed by atoms with van der Waals surface area (Å²) in [5, 5.41) is 17.7. The van der Waals surface area contributed by atoms with E-state index in [-0.39, 0.29) is 5.91 Å². The molecule has 3 aromatic rings. The Labute approximate surface area is 163 Å². The summed E-state index contributed by atoms with van der Waals surface area (Å²) in [5.41, 5.74) is 3.44. The zero-order valence-corrected chi connectivity index (χ0v) is 15.5. The highest BCUT2D eigenvalue weighted by Crippen LogP contribution is 2.41. The highest BCUT2D eigenvalue weighted by Gasteiger charge is 2.38. The van der Waals surface area contributed by atoms with E-state index in [9.17, 15) is 4.79 Å². The number of benzene rings is 2. The van der Waals surface area contributed by atoms with Gasteiger partial charge in [0.1, 0.15) is 6.33 Å². The predicted molar refractivity (Wildman–Crippen MR) is 105 cm³/mol. The number of nitrogens with zero attached hydrogens (tertiary/aromatic N) is 4. The highest BCUT2D eigenvalue weighted by molar-refractivity contribution is 6.04. The third-order valence-corrected chi connectivity index (χ3v) is 5.47. The zero-order valence-electron chi connectivity index (χ0n) is 15.5. The Bertz CT molecular complexity index is 965. The van der Waals surface area contributed by atoms with Crippen LogP contribution >= 0.6 is 0 Å². The van der Waals surface area contributed by atoms with E-state index < -0.39 is 0 Å². The lowest BCUT2D eigenvalue weighted by Gasteiger charge is -2.08. The standard InChI is InChI=1S/C21H22N6O/c28-21(16-2-1-3-18(10-16)27-13-23-25-26-27)24-17-8-6-15(7-9-17)19-11-20(19)22-12-14-4-5-14/h1-3,6-10,13-14,19-20,22H,4-5,11-12H2,(H,24,28)/t19-,20+/m0/s1. The summed E-state index contributed by atoms with van der Waals surface area (Å²) >= 11 is 0. The second kappa shape index (κ2) is 7.16. The van der Waals surface area contributed by atoms with Crippen LogP contribution in [0.25, 0.3) is 5.69 Å². The first-order chi connectivity index (χ1) is 13.8. The van der Waals surface area contributed by atoms with Gasteiger partial charge in [0.05, 0.1) is 5.69 Å². The van der Waals surface area contributed by atoms with E-state index >= 15 is 0 Å². The second-order valence-corrected chi connectivity index (χ2v) is 7.68. The summed E-state index contributed by atoms with van der Waals surface area (Å²) in [6.07, 6.45) is 5.48. The van der Waals surface area contributed by atoms with E-state index in [0.717, 1.165) is 17.3 Å². The van der Waals surface area contributed by atoms with Crippen molar-refractivity contribution in [2.24, 2.45) is 5.92 Å². The Kier molecular flexibility index (Phi) is 4.37. The van der Waals surface area contributed by atoms with Gasteiger partial charge in [0.2, 0.25) is 0 Å². The third-order valence-electron chi connectivity index (χ3n) is 5.47. The summed E-state index contributed by atoms with van der Waals surface area (Å²) in [7, 11) is 0. The number of anilines is 1. The van der Waals surface area contributed by atoms with Gasteiger partial charge in [-0.2, -0.15) is 0 Å². The molecule has 2 aromatic carbocycles. The molecule has 1 aromatic heterocycles. The average Bonchev–Trinajstić information content (AvgIpc) is 3.64. The van der Waals surface area contributed by atoms with Gasteiger partial charge >= 0.3 is 0 Å². The lowest BCUT2D eigenvalue weighted by Crippen LogP contribution is -2.20. The number of carbonyl (C=O) groups is 1. The SMILES string of the molecule is O=C(Nc1ccc([C@@H]2C[C@H]2NCC2CC2)cc1)c1cccc(-n2cnnn2)c1. The lowest BCUT2D eigenvalue weighted by molar-refractivity contribution is 0.102. The quantitative estimate of drug-likeness (QED) is 0.664. The maximum absolute atomic E-state index is 12.6. The van der Waals surface area contributed by atoms with Crippen molar-refractivity contribution in [3.63, 3.8) is 0 Å². The number of nitrogens with one attached hydrogen (secondary N) is 2. The molecule has 5 rings (SSSR count). The van der Waals surface area contributed by atoms with Gasteiger partial charge in [-0.25, -0.2) is 4.68 Å². The van der Waals surface area contributed by atoms with Gasteiger partial charge in [0.15, 0.2) is 0 Å². The summed E-state index contributed by atoms with van der Waals surface area (Å²) in [6.45, 7) is 1.17. The summed E-state index contributed by atoms with van der Waals surface area (Å²) in [5.74, 6) is 1.37. The van der Waals surface area contributed by atoms with E-state index in [0.29, 0.717) is 17.5 Å². The van der Waals surface area contributed by atoms with Crippen molar-refractivity contribution in [3.8, 4) is 5.69 Å². The Balaban J connectivity index is 1.20. The van der Waals surface area contributed by atoms with Crippen LogP contribution in [0.3, 0.4) is 0 Å². The summed E-state index contributed by atoms with van der Waals surface area (Å²) in [4.78, 5) is 12.6. The molecule has 142 valence electrons. The first-order valence-corrected chi connectivity index (χ1v) is 9.74. The van der Waals surface area contributed by atoms with Crippen molar-refractivity contribution in [1.82, 2.24) is 25.5 Å². The molecular weight excluding hydrogens is 352 g/mol. The van der Waals surface area contributed by atoms with Crippen LogP contribution in [0.1, 0.15) is 41.1 Å². The fourth-order valence-corrected chi connectivity index (χ4v) is 3.52. The van der Waals surface area contributed by atoms with Gasteiger partial charge in [-0.3, -0.25) is 4.79 Å². The molecular formula is C21H22N6O. The molecule has 0 saturated heterocycles. The molecule has 7 heteroatoms. The first kappa shape index (κ1) is 17.1. The molecule has 2 aliphatic carbocycles. The van der Waals surface area contributed by atoms with Crippen molar-refractivity contribution in [2.45, 2.75) is 31.2 Å². The van der Waals surface area contributed by atoms with Gasteiger partial charge in [-0.1, -0.05) is 18.2 Å². The number of aromatic nitrogens is 4. The maximum atomic E-state index is 12.6. The van der Waals surface area contributed by atoms with E-state index in [2.05, 4.69) is 38.3 Å². The zero-order chi connectivity index (χ0) is 18.9. The molecule has 1 amide bonds. The molecule has 2 atom stereocenters. The molecule has 2 N–H and O–H groups in total. The number of carbonyl (C=O) groups excluding carboxylic acids is 1. The molecule has 0 aliphatic heterocycles. The monoisotopic (exact) mass is 374 g/mol. The van der Waals surface area contributed by atoms with Gasteiger partial charge in [0, 0.05) is 23.2 Å². The third kappa shape index (κ3) is 3.80. The molecule has 7 nitrogen and oxygen atoms in total. The minimum atomic E-state index is -0.155. The summed E-state index contributed by atoms with van der Waals surface area (Å²) in [6, 6.07) is 16.0. The van der Waals surface area contributed by atoms with Crippen LogP contribution in [0.5, 0.6) is 0 Å². The molecule has 28 heavy (non-hydrogen) atoms. The largest absolute Gasteiger partial charge is 0.322 e. The minimum Gasteiger partial charge on any atom is -0.322 e. The number of amides is 1. The van der Waals surface area contributed by atoms with Gasteiger partial charge in [0.25, 0.3) is 5.91 Å². The number of rotatable bonds is 7. The Morgan fingerprint density at radius 3 is 2.75 bits per heavy atom. The Hall–Kier alpha value is -3.06. The van der Waals surface area contributed by atoms with Gasteiger partial charge in [-0.05, 0) is 78.0 Å². The van der Waals surface area contributed by atoms with E-state index in [1.54, 1.807) is 12.1 Å². The van der Waals surface area contributed by atoms with Crippen molar-refractivity contribution in [1.29, 1.82) is 0 Å². The fraction of sp³-hybridized carbons (Fsp3) is 0.333. The van der Waals surface area contributed by atoms with Gasteiger partial charge < -0.3 is 10.6 Å². The van der Waals surface area contributed by atoms with Crippen molar-refractivity contribution < 1.29 is 4.79 Å². The normalized spacial score (nSPS) is 20.7.